The number of rotatable bonds is 3. The van der Waals surface area contributed by atoms with Crippen molar-refractivity contribution in [1.29, 1.82) is 0 Å². The fraction of sp³-hybridized carbons (Fsp3) is 0.231. The van der Waals surface area contributed by atoms with Gasteiger partial charge >= 0.3 is 0 Å². The Morgan fingerprint density at radius 3 is 2.86 bits per heavy atom. The van der Waals surface area contributed by atoms with Crippen LogP contribution in [0.4, 0.5) is 0 Å². The molecular formula is C13H13ClN6OS. The second kappa shape index (κ2) is 5.98. The van der Waals surface area contributed by atoms with Crippen LogP contribution >= 0.6 is 23.4 Å². The van der Waals surface area contributed by atoms with Gasteiger partial charge in [0.05, 0.1) is 6.54 Å². The molecule has 9 heteroatoms. The number of aryl methyl sites for hydroxylation is 1. The maximum atomic E-state index is 9.15. The molecule has 3 aromatic rings. The fourth-order valence-corrected chi connectivity index (χ4v) is 2.58. The standard InChI is InChI=1S/C13H13ClN6OS/c1-8-5-11(18-21)20-13(16-12(17-20)22-2)19(8)7-9-3-4-10(14)15-6-9/h3-6,21H,7H2,1-2H3/b18-11+. The highest BCUT2D eigenvalue weighted by Gasteiger charge is 2.11. The van der Waals surface area contributed by atoms with Crippen molar-refractivity contribution in [3.63, 3.8) is 0 Å². The molecule has 0 atom stereocenters. The van der Waals surface area contributed by atoms with Gasteiger partial charge in [-0.2, -0.15) is 9.50 Å². The predicted molar refractivity (Wildman–Crippen MR) is 83.2 cm³/mol. The van der Waals surface area contributed by atoms with E-state index in [1.807, 2.05) is 23.8 Å². The van der Waals surface area contributed by atoms with Gasteiger partial charge < -0.3 is 9.77 Å². The summed E-state index contributed by atoms with van der Waals surface area (Å²) in [5.74, 6) is 0.604. The maximum absolute atomic E-state index is 9.15. The molecule has 1 N–H and O–H groups in total. The van der Waals surface area contributed by atoms with Crippen molar-refractivity contribution in [2.45, 2.75) is 18.6 Å². The first kappa shape index (κ1) is 14.9. The number of fused-ring (bicyclic) bond motifs is 1. The molecule has 0 aromatic carbocycles. The number of aromatic nitrogens is 5. The molecule has 0 saturated carbocycles. The van der Waals surface area contributed by atoms with E-state index in [2.05, 4.69) is 20.2 Å². The Labute approximate surface area is 135 Å². The SMILES string of the molecule is CSc1nc2n(Cc3ccc(Cl)nc3)c(C)c/c(=N\O)n2n1. The second-order valence-electron chi connectivity index (χ2n) is 4.63. The number of pyridine rings is 1. The zero-order chi connectivity index (χ0) is 15.7. The minimum absolute atomic E-state index is 0.339. The fourth-order valence-electron chi connectivity index (χ4n) is 2.13. The molecule has 0 spiro atoms. The Bertz CT molecular complexity index is 886. The number of nitrogens with zero attached hydrogens (tertiary/aromatic N) is 6. The number of halogens is 1. The van der Waals surface area contributed by atoms with E-state index >= 15 is 0 Å². The summed E-state index contributed by atoms with van der Waals surface area (Å²) in [6.45, 7) is 2.49. The third-order valence-electron chi connectivity index (χ3n) is 3.21. The first-order valence-electron chi connectivity index (χ1n) is 6.42. The van der Waals surface area contributed by atoms with Crippen LogP contribution in [0.15, 0.2) is 34.7 Å². The van der Waals surface area contributed by atoms with E-state index in [0.717, 1.165) is 11.3 Å². The molecule has 114 valence electrons. The van der Waals surface area contributed by atoms with Gasteiger partial charge in [0.2, 0.25) is 10.9 Å². The quantitative estimate of drug-likeness (QED) is 0.342. The molecule has 0 radical (unpaired) electrons. The third kappa shape index (κ3) is 2.67. The Balaban J connectivity index is 2.18. The van der Waals surface area contributed by atoms with E-state index in [0.29, 0.717) is 28.1 Å². The molecule has 0 bridgehead atoms. The molecule has 3 heterocycles. The summed E-state index contributed by atoms with van der Waals surface area (Å²) in [7, 11) is 0. The van der Waals surface area contributed by atoms with E-state index < -0.39 is 0 Å². The van der Waals surface area contributed by atoms with E-state index in [1.165, 1.54) is 16.3 Å². The monoisotopic (exact) mass is 336 g/mol. The first-order valence-corrected chi connectivity index (χ1v) is 8.02. The van der Waals surface area contributed by atoms with Gasteiger partial charge in [0.25, 0.3) is 0 Å². The average Bonchev–Trinajstić information content (AvgIpc) is 2.96. The summed E-state index contributed by atoms with van der Waals surface area (Å²) in [5, 5.41) is 17.8. The van der Waals surface area contributed by atoms with Crippen LogP contribution in [-0.2, 0) is 6.54 Å². The van der Waals surface area contributed by atoms with Gasteiger partial charge in [0.1, 0.15) is 5.15 Å². The van der Waals surface area contributed by atoms with Crippen LogP contribution in [0.25, 0.3) is 5.78 Å². The summed E-state index contributed by atoms with van der Waals surface area (Å²) in [6, 6.07) is 5.40. The lowest BCUT2D eigenvalue weighted by Gasteiger charge is -2.11. The smallest absolute Gasteiger partial charge is 0.235 e. The average molecular weight is 337 g/mol. The number of hydrogen-bond donors (Lipinski definition) is 1. The van der Waals surface area contributed by atoms with Gasteiger partial charge in [-0.25, -0.2) is 4.98 Å². The Morgan fingerprint density at radius 2 is 2.23 bits per heavy atom. The summed E-state index contributed by atoms with van der Waals surface area (Å²) in [4.78, 5) is 8.56. The molecule has 3 rings (SSSR count). The minimum Gasteiger partial charge on any atom is -0.409 e. The molecule has 22 heavy (non-hydrogen) atoms. The van der Waals surface area contributed by atoms with Crippen LogP contribution < -0.4 is 5.49 Å². The van der Waals surface area contributed by atoms with Gasteiger partial charge in [-0.05, 0) is 24.8 Å². The molecule has 0 amide bonds. The van der Waals surface area contributed by atoms with E-state index in [1.54, 1.807) is 18.3 Å². The highest BCUT2D eigenvalue weighted by Crippen LogP contribution is 2.13. The summed E-state index contributed by atoms with van der Waals surface area (Å²) < 4.78 is 3.49. The molecule has 0 fully saturated rings. The van der Waals surface area contributed by atoms with Crippen molar-refractivity contribution >= 4 is 29.1 Å². The zero-order valence-electron chi connectivity index (χ0n) is 11.9. The molecule has 0 unspecified atom stereocenters. The zero-order valence-corrected chi connectivity index (χ0v) is 13.5. The van der Waals surface area contributed by atoms with Gasteiger partial charge in [-0.3, -0.25) is 0 Å². The largest absolute Gasteiger partial charge is 0.409 e. The van der Waals surface area contributed by atoms with Crippen LogP contribution in [-0.4, -0.2) is 35.6 Å². The van der Waals surface area contributed by atoms with Gasteiger partial charge in [-0.15, -0.1) is 5.10 Å². The minimum atomic E-state index is 0.339. The van der Waals surface area contributed by atoms with Gasteiger partial charge in [0.15, 0.2) is 5.49 Å². The van der Waals surface area contributed by atoms with Crippen molar-refractivity contribution in [1.82, 2.24) is 24.1 Å². The first-order chi connectivity index (χ1) is 10.6. The molecule has 0 aliphatic rings. The predicted octanol–water partition coefficient (Wildman–Crippen LogP) is 1.95. The van der Waals surface area contributed by atoms with Crippen LogP contribution in [0, 0.1) is 6.92 Å². The van der Waals surface area contributed by atoms with Crippen LogP contribution in [0.3, 0.4) is 0 Å². The van der Waals surface area contributed by atoms with Crippen molar-refractivity contribution < 1.29 is 5.21 Å². The summed E-state index contributed by atoms with van der Waals surface area (Å²) in [6.07, 6.45) is 3.62. The molecule has 7 nitrogen and oxygen atoms in total. The summed E-state index contributed by atoms with van der Waals surface area (Å²) >= 11 is 7.24. The van der Waals surface area contributed by atoms with E-state index in [9.17, 15) is 0 Å². The van der Waals surface area contributed by atoms with Gasteiger partial charge in [0, 0.05) is 18.0 Å². The Kier molecular flexibility index (Phi) is 4.04. The maximum Gasteiger partial charge on any atom is 0.235 e. The van der Waals surface area contributed by atoms with Crippen molar-refractivity contribution in [2.24, 2.45) is 5.16 Å². The normalized spacial score (nSPS) is 12.2. The Morgan fingerprint density at radius 1 is 1.41 bits per heavy atom. The topological polar surface area (TPSA) is 80.6 Å². The lowest BCUT2D eigenvalue weighted by atomic mass is 10.2. The number of hydrogen-bond acceptors (Lipinski definition) is 6. The lowest BCUT2D eigenvalue weighted by molar-refractivity contribution is 0.295. The van der Waals surface area contributed by atoms with Crippen molar-refractivity contribution in [3.05, 3.63) is 46.3 Å². The Hall–Kier alpha value is -2.06. The lowest BCUT2D eigenvalue weighted by Crippen LogP contribution is -2.22. The molecule has 0 saturated heterocycles. The van der Waals surface area contributed by atoms with Crippen LogP contribution in [0.5, 0.6) is 0 Å². The van der Waals surface area contributed by atoms with Crippen LogP contribution in [0.1, 0.15) is 11.3 Å². The van der Waals surface area contributed by atoms with Crippen LogP contribution in [0.2, 0.25) is 5.15 Å². The van der Waals surface area contributed by atoms with Crippen molar-refractivity contribution in [3.8, 4) is 0 Å². The third-order valence-corrected chi connectivity index (χ3v) is 3.97. The molecular weight excluding hydrogens is 324 g/mol. The van der Waals surface area contributed by atoms with Crippen molar-refractivity contribution in [2.75, 3.05) is 6.26 Å². The van der Waals surface area contributed by atoms with E-state index in [-0.39, 0.29) is 0 Å². The second-order valence-corrected chi connectivity index (χ2v) is 5.79. The van der Waals surface area contributed by atoms with Gasteiger partial charge in [-0.1, -0.05) is 34.6 Å². The molecule has 0 aliphatic heterocycles. The van der Waals surface area contributed by atoms with E-state index in [4.69, 9.17) is 16.8 Å². The number of thioether (sulfide) groups is 1. The molecule has 0 aliphatic carbocycles. The summed E-state index contributed by atoms with van der Waals surface area (Å²) in [5.41, 5.74) is 2.22. The highest BCUT2D eigenvalue weighted by molar-refractivity contribution is 7.98. The highest BCUT2D eigenvalue weighted by atomic mass is 35.5. The molecule has 3 aromatic heterocycles.